The minimum Gasteiger partial charge on any atom is -0.457 e. The summed E-state index contributed by atoms with van der Waals surface area (Å²) in [6.45, 7) is 8.70. The van der Waals surface area contributed by atoms with Gasteiger partial charge in [-0.3, -0.25) is 4.68 Å². The first-order chi connectivity index (χ1) is 13.6. The molecule has 2 unspecified atom stereocenters. The van der Waals surface area contributed by atoms with E-state index >= 15 is 0 Å². The number of nitrogens with zero attached hydrogens (tertiary/aromatic N) is 2. The minimum absolute atomic E-state index is 0.191. The van der Waals surface area contributed by atoms with Gasteiger partial charge in [0, 0.05) is 24.3 Å². The number of hydrogen-bond donors (Lipinski definition) is 1. The van der Waals surface area contributed by atoms with E-state index in [1.807, 2.05) is 47.1 Å². The molecule has 3 aromatic rings. The lowest BCUT2D eigenvalue weighted by Gasteiger charge is -2.23. The fraction of sp³-hybridized carbons (Fsp3) is 0.375. The molecule has 0 radical (unpaired) electrons. The third-order valence-electron chi connectivity index (χ3n) is 4.89. The van der Waals surface area contributed by atoms with Gasteiger partial charge in [-0.15, -0.1) is 0 Å². The standard InChI is InChI=1S/C24H31N3O/c1-5-9-24(25-19(4)23-16-17-27(26-23)18(2)3)20-12-14-22(15-13-20)28-21-10-7-6-8-11-21/h6-8,10-19,24-25H,5,9H2,1-4H3. The van der Waals surface area contributed by atoms with Crippen LogP contribution in [0.3, 0.4) is 0 Å². The molecule has 0 saturated carbocycles. The smallest absolute Gasteiger partial charge is 0.127 e. The van der Waals surface area contributed by atoms with Gasteiger partial charge in [0.2, 0.25) is 0 Å². The molecule has 4 heteroatoms. The maximum absolute atomic E-state index is 5.92. The summed E-state index contributed by atoms with van der Waals surface area (Å²) >= 11 is 0. The van der Waals surface area contributed by atoms with Gasteiger partial charge in [0.05, 0.1) is 5.69 Å². The zero-order valence-electron chi connectivity index (χ0n) is 17.3. The highest BCUT2D eigenvalue weighted by Crippen LogP contribution is 2.27. The van der Waals surface area contributed by atoms with Gasteiger partial charge in [-0.25, -0.2) is 0 Å². The number of ether oxygens (including phenoxy) is 1. The number of nitrogens with one attached hydrogen (secondary N) is 1. The van der Waals surface area contributed by atoms with Crippen molar-refractivity contribution in [1.29, 1.82) is 0 Å². The lowest BCUT2D eigenvalue weighted by molar-refractivity contribution is 0.425. The summed E-state index contributed by atoms with van der Waals surface area (Å²) in [6.07, 6.45) is 4.25. The van der Waals surface area contributed by atoms with E-state index < -0.39 is 0 Å². The fourth-order valence-corrected chi connectivity index (χ4v) is 3.29. The molecule has 2 aromatic carbocycles. The van der Waals surface area contributed by atoms with E-state index in [2.05, 4.69) is 57.4 Å². The lowest BCUT2D eigenvalue weighted by Crippen LogP contribution is -2.25. The first kappa shape index (κ1) is 20.2. The van der Waals surface area contributed by atoms with Gasteiger partial charge in [-0.05, 0) is 63.1 Å². The van der Waals surface area contributed by atoms with E-state index in [-0.39, 0.29) is 12.1 Å². The molecule has 1 heterocycles. The molecule has 0 aliphatic heterocycles. The average Bonchev–Trinajstić information content (AvgIpc) is 3.20. The van der Waals surface area contributed by atoms with Crippen LogP contribution in [-0.4, -0.2) is 9.78 Å². The molecule has 148 valence electrons. The summed E-state index contributed by atoms with van der Waals surface area (Å²) in [5.74, 6) is 1.71. The molecule has 0 fully saturated rings. The van der Waals surface area contributed by atoms with Gasteiger partial charge < -0.3 is 10.1 Å². The molecular formula is C24H31N3O. The Kier molecular flexibility index (Phi) is 6.88. The Labute approximate surface area is 168 Å². The van der Waals surface area contributed by atoms with E-state index in [0.717, 1.165) is 30.0 Å². The molecule has 0 aliphatic carbocycles. The first-order valence-corrected chi connectivity index (χ1v) is 10.2. The van der Waals surface area contributed by atoms with Crippen molar-refractivity contribution in [3.05, 3.63) is 78.1 Å². The molecule has 0 spiro atoms. The average molecular weight is 378 g/mol. The number of benzene rings is 2. The van der Waals surface area contributed by atoms with Crippen molar-refractivity contribution in [2.24, 2.45) is 0 Å². The van der Waals surface area contributed by atoms with Gasteiger partial charge in [0.1, 0.15) is 11.5 Å². The molecule has 1 N–H and O–H groups in total. The second-order valence-electron chi connectivity index (χ2n) is 7.53. The third-order valence-corrected chi connectivity index (χ3v) is 4.89. The van der Waals surface area contributed by atoms with Crippen molar-refractivity contribution in [2.45, 2.75) is 58.7 Å². The minimum atomic E-state index is 0.191. The van der Waals surface area contributed by atoms with E-state index in [9.17, 15) is 0 Å². The summed E-state index contributed by atoms with van der Waals surface area (Å²) in [4.78, 5) is 0. The van der Waals surface area contributed by atoms with Gasteiger partial charge >= 0.3 is 0 Å². The molecule has 2 atom stereocenters. The number of aromatic nitrogens is 2. The largest absolute Gasteiger partial charge is 0.457 e. The summed E-state index contributed by atoms with van der Waals surface area (Å²) in [5.41, 5.74) is 2.36. The van der Waals surface area contributed by atoms with E-state index in [0.29, 0.717) is 6.04 Å². The number of rotatable bonds is 9. The highest BCUT2D eigenvalue weighted by atomic mass is 16.5. The summed E-state index contributed by atoms with van der Waals surface area (Å²) in [7, 11) is 0. The van der Waals surface area contributed by atoms with Crippen LogP contribution in [0.4, 0.5) is 0 Å². The van der Waals surface area contributed by atoms with Crippen molar-refractivity contribution < 1.29 is 4.74 Å². The van der Waals surface area contributed by atoms with Crippen LogP contribution >= 0.6 is 0 Å². The van der Waals surface area contributed by atoms with E-state index in [1.165, 1.54) is 5.56 Å². The van der Waals surface area contributed by atoms with Crippen molar-refractivity contribution in [3.63, 3.8) is 0 Å². The Hall–Kier alpha value is -2.59. The Morgan fingerprint density at radius 2 is 1.61 bits per heavy atom. The van der Waals surface area contributed by atoms with Crippen LogP contribution in [0, 0.1) is 0 Å². The van der Waals surface area contributed by atoms with E-state index in [1.54, 1.807) is 0 Å². The molecule has 3 rings (SSSR count). The van der Waals surface area contributed by atoms with Crippen molar-refractivity contribution in [3.8, 4) is 11.5 Å². The molecule has 1 aromatic heterocycles. The molecule has 0 bridgehead atoms. The highest BCUT2D eigenvalue weighted by Gasteiger charge is 2.17. The van der Waals surface area contributed by atoms with Crippen LogP contribution < -0.4 is 10.1 Å². The van der Waals surface area contributed by atoms with Gasteiger partial charge in [0.25, 0.3) is 0 Å². The lowest BCUT2D eigenvalue weighted by atomic mass is 10.0. The third kappa shape index (κ3) is 5.23. The fourth-order valence-electron chi connectivity index (χ4n) is 3.29. The first-order valence-electron chi connectivity index (χ1n) is 10.2. The van der Waals surface area contributed by atoms with Crippen LogP contribution in [0.15, 0.2) is 66.9 Å². The van der Waals surface area contributed by atoms with Gasteiger partial charge in [-0.2, -0.15) is 5.10 Å². The monoisotopic (exact) mass is 377 g/mol. The maximum Gasteiger partial charge on any atom is 0.127 e. The second-order valence-corrected chi connectivity index (χ2v) is 7.53. The zero-order chi connectivity index (χ0) is 19.9. The molecule has 0 aliphatic rings. The summed E-state index contributed by atoms with van der Waals surface area (Å²) < 4.78 is 7.93. The summed E-state index contributed by atoms with van der Waals surface area (Å²) in [5, 5.41) is 8.47. The Morgan fingerprint density at radius 3 is 2.21 bits per heavy atom. The molecule has 0 saturated heterocycles. The van der Waals surface area contributed by atoms with Crippen LogP contribution in [0.1, 0.15) is 69.9 Å². The van der Waals surface area contributed by atoms with E-state index in [4.69, 9.17) is 9.84 Å². The van der Waals surface area contributed by atoms with Crippen LogP contribution in [0.5, 0.6) is 11.5 Å². The SMILES string of the molecule is CCCC(NC(C)c1ccn(C(C)C)n1)c1ccc(Oc2ccccc2)cc1. The number of para-hydroxylation sites is 1. The van der Waals surface area contributed by atoms with Crippen LogP contribution in [0.25, 0.3) is 0 Å². The maximum atomic E-state index is 5.92. The van der Waals surface area contributed by atoms with Gasteiger partial charge in [0.15, 0.2) is 0 Å². The topological polar surface area (TPSA) is 39.1 Å². The predicted molar refractivity (Wildman–Crippen MR) is 115 cm³/mol. The molecule has 0 amide bonds. The number of hydrogen-bond acceptors (Lipinski definition) is 3. The summed E-state index contributed by atoms with van der Waals surface area (Å²) in [6, 6.07) is 21.3. The van der Waals surface area contributed by atoms with Crippen molar-refractivity contribution >= 4 is 0 Å². The predicted octanol–water partition coefficient (Wildman–Crippen LogP) is 6.45. The highest BCUT2D eigenvalue weighted by molar-refractivity contribution is 5.34. The Bertz CT molecular complexity index is 840. The van der Waals surface area contributed by atoms with Crippen molar-refractivity contribution in [2.75, 3.05) is 0 Å². The van der Waals surface area contributed by atoms with Crippen LogP contribution in [0.2, 0.25) is 0 Å². The second kappa shape index (κ2) is 9.56. The molecular weight excluding hydrogens is 346 g/mol. The van der Waals surface area contributed by atoms with Gasteiger partial charge in [-0.1, -0.05) is 43.7 Å². The normalized spacial score (nSPS) is 13.5. The molecule has 4 nitrogen and oxygen atoms in total. The van der Waals surface area contributed by atoms with Crippen LogP contribution in [-0.2, 0) is 0 Å². The quantitative estimate of drug-likeness (QED) is 0.466. The molecule has 28 heavy (non-hydrogen) atoms. The van der Waals surface area contributed by atoms with Crippen molar-refractivity contribution in [1.82, 2.24) is 15.1 Å². The zero-order valence-corrected chi connectivity index (χ0v) is 17.3. The Balaban J connectivity index is 1.68. The Morgan fingerprint density at radius 1 is 0.929 bits per heavy atom.